The van der Waals surface area contributed by atoms with Crippen molar-refractivity contribution in [3.63, 3.8) is 0 Å². The van der Waals surface area contributed by atoms with Crippen LogP contribution in [0.3, 0.4) is 0 Å². The molecule has 0 spiro atoms. The fourth-order valence-corrected chi connectivity index (χ4v) is 1.98. The Morgan fingerprint density at radius 2 is 1.95 bits per heavy atom. The highest BCUT2D eigenvalue weighted by Gasteiger charge is 2.11. The molecule has 0 fully saturated rings. The lowest BCUT2D eigenvalue weighted by molar-refractivity contribution is -0.114. The third-order valence-corrected chi connectivity index (χ3v) is 3.11. The minimum atomic E-state index is -0.356. The molecular weight excluding hydrogens is 290 g/mol. The average Bonchev–Trinajstić information content (AvgIpc) is 2.42. The second kappa shape index (κ2) is 6.37. The van der Waals surface area contributed by atoms with E-state index in [1.165, 1.54) is 13.1 Å². The van der Waals surface area contributed by atoms with Crippen molar-refractivity contribution >= 4 is 34.8 Å². The van der Waals surface area contributed by atoms with Crippen LogP contribution in [-0.4, -0.2) is 16.8 Å². The predicted molar refractivity (Wildman–Crippen MR) is 82.7 cm³/mol. The predicted octanol–water partition coefficient (Wildman–Crippen LogP) is 3.25. The fourth-order valence-electron chi connectivity index (χ4n) is 1.78. The smallest absolute Gasteiger partial charge is 0.258 e. The molecule has 2 rings (SSSR count). The first-order valence-corrected chi connectivity index (χ1v) is 6.65. The van der Waals surface area contributed by atoms with Gasteiger partial charge in [0.1, 0.15) is 5.15 Å². The van der Waals surface area contributed by atoms with Crippen molar-refractivity contribution in [2.75, 3.05) is 10.6 Å². The highest BCUT2D eigenvalue weighted by Crippen LogP contribution is 2.21. The number of hydrogen-bond donors (Lipinski definition) is 2. The maximum absolute atomic E-state index is 12.1. The Morgan fingerprint density at radius 1 is 1.19 bits per heavy atom. The fraction of sp³-hybridized carbons (Fsp3) is 0.133. The first-order chi connectivity index (χ1) is 9.97. The molecule has 6 heteroatoms. The second-order valence-electron chi connectivity index (χ2n) is 4.51. The van der Waals surface area contributed by atoms with Crippen molar-refractivity contribution in [3.8, 4) is 0 Å². The van der Waals surface area contributed by atoms with Gasteiger partial charge in [0, 0.05) is 24.5 Å². The van der Waals surface area contributed by atoms with Gasteiger partial charge in [-0.2, -0.15) is 0 Å². The number of halogens is 1. The Balaban J connectivity index is 2.22. The molecule has 0 saturated heterocycles. The van der Waals surface area contributed by atoms with Crippen molar-refractivity contribution < 1.29 is 9.59 Å². The molecule has 0 aliphatic heterocycles. The lowest BCUT2D eigenvalue weighted by Crippen LogP contribution is -2.14. The van der Waals surface area contributed by atoms with Crippen LogP contribution in [0, 0.1) is 6.92 Å². The molecule has 0 atom stereocenters. The van der Waals surface area contributed by atoms with E-state index in [2.05, 4.69) is 15.6 Å². The van der Waals surface area contributed by atoms with Crippen molar-refractivity contribution in [2.24, 2.45) is 0 Å². The van der Waals surface area contributed by atoms with Crippen LogP contribution in [0.25, 0.3) is 0 Å². The lowest BCUT2D eigenvalue weighted by Gasteiger charge is -2.11. The van der Waals surface area contributed by atoms with Gasteiger partial charge in [0.2, 0.25) is 5.91 Å². The summed E-state index contributed by atoms with van der Waals surface area (Å²) in [7, 11) is 0. The van der Waals surface area contributed by atoms with E-state index in [0.717, 1.165) is 5.56 Å². The highest BCUT2D eigenvalue weighted by atomic mass is 35.5. The lowest BCUT2D eigenvalue weighted by atomic mass is 10.1. The quantitative estimate of drug-likeness (QED) is 0.855. The highest BCUT2D eigenvalue weighted by molar-refractivity contribution is 6.33. The van der Waals surface area contributed by atoms with E-state index in [0.29, 0.717) is 16.9 Å². The van der Waals surface area contributed by atoms with Gasteiger partial charge in [0.05, 0.1) is 5.56 Å². The Labute approximate surface area is 127 Å². The van der Waals surface area contributed by atoms with Crippen molar-refractivity contribution in [2.45, 2.75) is 13.8 Å². The molecule has 1 aromatic heterocycles. The van der Waals surface area contributed by atoms with Gasteiger partial charge < -0.3 is 10.6 Å². The van der Waals surface area contributed by atoms with Gasteiger partial charge in [-0.1, -0.05) is 17.7 Å². The summed E-state index contributed by atoms with van der Waals surface area (Å²) >= 11 is 5.88. The maximum atomic E-state index is 12.1. The van der Waals surface area contributed by atoms with Crippen molar-refractivity contribution in [3.05, 3.63) is 52.8 Å². The van der Waals surface area contributed by atoms with E-state index < -0.39 is 0 Å². The van der Waals surface area contributed by atoms with Crippen LogP contribution in [0.4, 0.5) is 11.4 Å². The SMILES string of the molecule is CC(=O)Nc1cc(NC(=O)c2cccnc2Cl)ccc1C. The third kappa shape index (κ3) is 3.79. The van der Waals surface area contributed by atoms with Crippen LogP contribution in [0.15, 0.2) is 36.5 Å². The summed E-state index contributed by atoms with van der Waals surface area (Å²) in [4.78, 5) is 27.1. The Bertz CT molecular complexity index is 701. The molecule has 1 heterocycles. The monoisotopic (exact) mass is 303 g/mol. The summed E-state index contributed by atoms with van der Waals surface area (Å²) in [5.74, 6) is -0.525. The first kappa shape index (κ1) is 15.0. The van der Waals surface area contributed by atoms with Crippen LogP contribution in [-0.2, 0) is 4.79 Å². The van der Waals surface area contributed by atoms with Gasteiger partial charge in [-0.15, -0.1) is 0 Å². The van der Waals surface area contributed by atoms with Gasteiger partial charge in [-0.3, -0.25) is 9.59 Å². The summed E-state index contributed by atoms with van der Waals surface area (Å²) in [6.45, 7) is 3.30. The van der Waals surface area contributed by atoms with E-state index in [9.17, 15) is 9.59 Å². The third-order valence-electron chi connectivity index (χ3n) is 2.81. The molecule has 2 aromatic rings. The number of carbonyl (C=O) groups excluding carboxylic acids is 2. The summed E-state index contributed by atoms with van der Waals surface area (Å²) in [6, 6.07) is 8.49. The molecule has 5 nitrogen and oxygen atoms in total. The van der Waals surface area contributed by atoms with Crippen molar-refractivity contribution in [1.82, 2.24) is 4.98 Å². The number of amides is 2. The molecule has 0 saturated carbocycles. The van der Waals surface area contributed by atoms with Gasteiger partial charge in [0.15, 0.2) is 0 Å². The first-order valence-electron chi connectivity index (χ1n) is 6.27. The van der Waals surface area contributed by atoms with Gasteiger partial charge in [-0.05, 0) is 36.8 Å². The standard InChI is InChI=1S/C15H14ClN3O2/c1-9-5-6-11(8-13(9)18-10(2)20)19-15(21)12-4-3-7-17-14(12)16/h3-8H,1-2H3,(H,18,20)(H,19,21). The summed E-state index contributed by atoms with van der Waals surface area (Å²) in [5, 5.41) is 5.58. The number of pyridine rings is 1. The zero-order valence-electron chi connectivity index (χ0n) is 11.6. The number of anilines is 2. The Hall–Kier alpha value is -2.40. The largest absolute Gasteiger partial charge is 0.326 e. The van der Waals surface area contributed by atoms with E-state index in [-0.39, 0.29) is 17.0 Å². The molecule has 21 heavy (non-hydrogen) atoms. The van der Waals surface area contributed by atoms with Gasteiger partial charge in [0.25, 0.3) is 5.91 Å². The van der Waals surface area contributed by atoms with Crippen LogP contribution in [0.2, 0.25) is 5.15 Å². The summed E-state index contributed by atoms with van der Waals surface area (Å²) < 4.78 is 0. The van der Waals surface area contributed by atoms with Crippen LogP contribution in [0.5, 0.6) is 0 Å². The number of rotatable bonds is 3. The van der Waals surface area contributed by atoms with Crippen LogP contribution >= 0.6 is 11.6 Å². The minimum Gasteiger partial charge on any atom is -0.326 e. The molecule has 0 radical (unpaired) electrons. The van der Waals surface area contributed by atoms with Gasteiger partial charge >= 0.3 is 0 Å². The zero-order valence-corrected chi connectivity index (χ0v) is 12.4. The summed E-state index contributed by atoms with van der Waals surface area (Å²) in [5.41, 5.74) is 2.41. The Morgan fingerprint density at radius 3 is 2.62 bits per heavy atom. The van der Waals surface area contributed by atoms with Crippen molar-refractivity contribution in [1.29, 1.82) is 0 Å². The minimum absolute atomic E-state index is 0.143. The molecule has 2 N–H and O–H groups in total. The van der Waals surface area contributed by atoms with Crippen LogP contribution in [0.1, 0.15) is 22.8 Å². The molecule has 0 aliphatic carbocycles. The van der Waals surface area contributed by atoms with E-state index in [1.54, 1.807) is 24.3 Å². The number of benzene rings is 1. The topological polar surface area (TPSA) is 71.1 Å². The number of hydrogen-bond acceptors (Lipinski definition) is 3. The molecule has 0 aliphatic rings. The van der Waals surface area contributed by atoms with E-state index in [1.807, 2.05) is 13.0 Å². The average molecular weight is 304 g/mol. The molecule has 0 unspecified atom stereocenters. The molecule has 0 bridgehead atoms. The van der Waals surface area contributed by atoms with E-state index >= 15 is 0 Å². The number of nitrogens with one attached hydrogen (secondary N) is 2. The number of carbonyl (C=O) groups is 2. The van der Waals surface area contributed by atoms with E-state index in [4.69, 9.17) is 11.6 Å². The maximum Gasteiger partial charge on any atom is 0.258 e. The molecular formula is C15H14ClN3O2. The normalized spacial score (nSPS) is 10.0. The Kier molecular flexibility index (Phi) is 4.55. The second-order valence-corrected chi connectivity index (χ2v) is 4.86. The molecule has 1 aromatic carbocycles. The molecule has 2 amide bonds. The van der Waals surface area contributed by atoms with Gasteiger partial charge in [-0.25, -0.2) is 4.98 Å². The number of nitrogens with zero attached hydrogens (tertiary/aromatic N) is 1. The zero-order chi connectivity index (χ0) is 15.4. The number of aryl methyl sites for hydroxylation is 1. The summed E-state index contributed by atoms with van der Waals surface area (Å²) in [6.07, 6.45) is 1.51. The number of aromatic nitrogens is 1. The van der Waals surface area contributed by atoms with Crippen LogP contribution < -0.4 is 10.6 Å². The molecule has 108 valence electrons.